The number of halogens is 8. The normalized spacial score (nSPS) is 17.9. The number of nitrogen functional groups attached to an aromatic ring is 2. The predicted octanol–water partition coefficient (Wildman–Crippen LogP) is 8.11. The Hall–Kier alpha value is -5.22. The molecule has 3 aliphatic rings. The van der Waals surface area contributed by atoms with E-state index in [1.165, 1.54) is 26.1 Å². The van der Waals surface area contributed by atoms with Gasteiger partial charge in [-0.2, -0.15) is 28.4 Å². The van der Waals surface area contributed by atoms with E-state index in [0.717, 1.165) is 32.0 Å². The van der Waals surface area contributed by atoms with E-state index < -0.39 is 58.4 Å². The fourth-order valence-electron chi connectivity index (χ4n) is 7.09. The molecule has 2 saturated heterocycles. The van der Waals surface area contributed by atoms with Crippen LogP contribution in [0.1, 0.15) is 42.9 Å². The molecule has 0 bridgehead atoms. The predicted molar refractivity (Wildman–Crippen MR) is 192 cm³/mol. The number of thiophene rings is 1. The van der Waals surface area contributed by atoms with Gasteiger partial charge in [-0.1, -0.05) is 12.1 Å². The maximum absolute atomic E-state index is 16.6. The minimum Gasteiger partial charge on any atom is -0.490 e. The van der Waals surface area contributed by atoms with Crippen molar-refractivity contribution in [3.05, 3.63) is 58.8 Å². The van der Waals surface area contributed by atoms with Crippen molar-refractivity contribution in [1.82, 2.24) is 19.9 Å². The van der Waals surface area contributed by atoms with Crippen LogP contribution in [0, 0.1) is 23.0 Å². The minimum atomic E-state index is -5.17. The minimum absolute atomic E-state index is 0.0347. The van der Waals surface area contributed by atoms with Crippen molar-refractivity contribution in [3.63, 3.8) is 0 Å². The van der Waals surface area contributed by atoms with E-state index in [0.29, 0.717) is 29.5 Å². The van der Waals surface area contributed by atoms with Crippen molar-refractivity contribution in [2.24, 2.45) is 0 Å². The molecule has 4 N–H and O–H groups in total. The van der Waals surface area contributed by atoms with Crippen LogP contribution in [0.4, 0.5) is 51.8 Å². The fourth-order valence-corrected chi connectivity index (χ4v) is 8.04. The van der Waals surface area contributed by atoms with E-state index in [9.17, 15) is 36.0 Å². The van der Waals surface area contributed by atoms with Crippen molar-refractivity contribution in [1.29, 1.82) is 5.26 Å². The van der Waals surface area contributed by atoms with Gasteiger partial charge in [0.2, 0.25) is 6.43 Å². The SMILES string of the molecule is CC(F)F.COc1nc2c3c(c(C(F)(F)F)c(-c4ccc(F)c5sc(N)c(C#N)c45)c(F)c3n1)OCCN2Cc1cccnc1N.FC1CC2CCCN2C1. The Labute approximate surface area is 313 Å². The summed E-state index contributed by atoms with van der Waals surface area (Å²) in [5.41, 5.74) is 8.81. The number of ether oxygens (including phenoxy) is 2. The molecule has 6 heterocycles. The van der Waals surface area contributed by atoms with Gasteiger partial charge in [-0.05, 0) is 50.4 Å². The largest absolute Gasteiger partial charge is 0.490 e. The number of benzene rings is 2. The van der Waals surface area contributed by atoms with Gasteiger partial charge in [-0.3, -0.25) is 4.90 Å². The highest BCUT2D eigenvalue weighted by Crippen LogP contribution is 2.53. The average Bonchev–Trinajstić information content (AvgIpc) is 3.78. The molecule has 0 aliphatic carbocycles. The molecule has 2 unspecified atom stereocenters. The van der Waals surface area contributed by atoms with Crippen LogP contribution in [0.2, 0.25) is 0 Å². The van der Waals surface area contributed by atoms with Crippen LogP contribution in [0.25, 0.3) is 32.1 Å². The summed E-state index contributed by atoms with van der Waals surface area (Å²) in [6.45, 7) is 2.53. The van der Waals surface area contributed by atoms with E-state index in [2.05, 4.69) is 19.9 Å². The zero-order valence-corrected chi connectivity index (χ0v) is 30.2. The summed E-state index contributed by atoms with van der Waals surface area (Å²) in [5, 5.41) is 9.00. The lowest BCUT2D eigenvalue weighted by Crippen LogP contribution is -2.28. The van der Waals surface area contributed by atoms with Crippen LogP contribution >= 0.6 is 11.3 Å². The number of rotatable bonds is 4. The first-order chi connectivity index (χ1) is 26.1. The van der Waals surface area contributed by atoms with Gasteiger partial charge in [0.05, 0.1) is 29.3 Å². The molecule has 0 saturated carbocycles. The molecule has 8 rings (SSSR count). The van der Waals surface area contributed by atoms with E-state index in [1.54, 1.807) is 23.1 Å². The molecule has 2 atom stereocenters. The van der Waals surface area contributed by atoms with Gasteiger partial charge >= 0.3 is 12.2 Å². The molecule has 5 aromatic rings. The highest BCUT2D eigenvalue weighted by atomic mass is 32.1. The maximum atomic E-state index is 16.6. The number of nitrogens with zero attached hydrogens (tertiary/aromatic N) is 6. The smallest absolute Gasteiger partial charge is 0.420 e. The second kappa shape index (κ2) is 15.9. The summed E-state index contributed by atoms with van der Waals surface area (Å²) < 4.78 is 120. The van der Waals surface area contributed by atoms with Gasteiger partial charge in [0.15, 0.2) is 5.82 Å². The van der Waals surface area contributed by atoms with E-state index in [-0.39, 0.29) is 63.4 Å². The third-order valence-electron chi connectivity index (χ3n) is 9.32. The molecule has 2 aromatic carbocycles. The molecular weight excluding hydrogens is 761 g/mol. The number of anilines is 3. The van der Waals surface area contributed by atoms with Crippen molar-refractivity contribution in [2.45, 2.75) is 57.5 Å². The fraction of sp³-hybridized carbons (Fsp3) is 0.389. The number of hydrogen-bond donors (Lipinski definition) is 2. The lowest BCUT2D eigenvalue weighted by atomic mass is 9.91. The first-order valence-electron chi connectivity index (χ1n) is 17.0. The van der Waals surface area contributed by atoms with Gasteiger partial charge in [-0.25, -0.2) is 26.9 Å². The summed E-state index contributed by atoms with van der Waals surface area (Å²) >= 11 is 0.675. The van der Waals surface area contributed by atoms with Gasteiger partial charge in [0.25, 0.3) is 0 Å². The van der Waals surface area contributed by atoms with Crippen LogP contribution in [-0.4, -0.2) is 71.8 Å². The average molecular weight is 795 g/mol. The first kappa shape index (κ1) is 39.5. The van der Waals surface area contributed by atoms with Crippen molar-refractivity contribution in [3.8, 4) is 29.0 Å². The molecule has 10 nitrogen and oxygen atoms in total. The van der Waals surface area contributed by atoms with Crippen LogP contribution in [-0.2, 0) is 12.7 Å². The number of aromatic nitrogens is 3. The summed E-state index contributed by atoms with van der Waals surface area (Å²) in [5.74, 6) is -2.82. The molecule has 0 spiro atoms. The Morgan fingerprint density at radius 2 is 1.87 bits per heavy atom. The first-order valence-corrected chi connectivity index (χ1v) is 17.8. The van der Waals surface area contributed by atoms with Crippen molar-refractivity contribution >= 4 is 49.0 Å². The Morgan fingerprint density at radius 1 is 1.13 bits per heavy atom. The molecular formula is C36H34F8N8O2S. The Morgan fingerprint density at radius 3 is 2.53 bits per heavy atom. The highest BCUT2D eigenvalue weighted by Gasteiger charge is 2.44. The van der Waals surface area contributed by atoms with E-state index >= 15 is 4.39 Å². The van der Waals surface area contributed by atoms with Crippen LogP contribution in [0.15, 0.2) is 30.5 Å². The monoisotopic (exact) mass is 794 g/mol. The highest BCUT2D eigenvalue weighted by molar-refractivity contribution is 7.23. The quantitative estimate of drug-likeness (QED) is 0.172. The summed E-state index contributed by atoms with van der Waals surface area (Å²) in [6.07, 6.45) is -3.04. The van der Waals surface area contributed by atoms with Gasteiger partial charge in [-0.15, -0.1) is 11.3 Å². The van der Waals surface area contributed by atoms with Gasteiger partial charge in [0.1, 0.15) is 58.1 Å². The van der Waals surface area contributed by atoms with Gasteiger partial charge < -0.3 is 25.8 Å². The number of hydrogen-bond acceptors (Lipinski definition) is 11. The third-order valence-corrected chi connectivity index (χ3v) is 10.3. The lowest BCUT2D eigenvalue weighted by Gasteiger charge is -2.24. The second-order valence-corrected chi connectivity index (χ2v) is 13.9. The van der Waals surface area contributed by atoms with Crippen molar-refractivity contribution < 1.29 is 44.6 Å². The number of alkyl halides is 6. The zero-order valence-electron chi connectivity index (χ0n) is 29.4. The summed E-state index contributed by atoms with van der Waals surface area (Å²) in [6, 6.07) is 7.29. The van der Waals surface area contributed by atoms with E-state index in [4.69, 9.17) is 20.9 Å². The number of pyridine rings is 1. The molecule has 3 aliphatic heterocycles. The molecule has 0 amide bonds. The Kier molecular flexibility index (Phi) is 11.4. The number of methoxy groups -OCH3 is 1. The van der Waals surface area contributed by atoms with Crippen LogP contribution < -0.4 is 25.8 Å². The van der Waals surface area contributed by atoms with Gasteiger partial charge in [0, 0.05) is 41.8 Å². The number of fused-ring (bicyclic) bond motifs is 2. The third kappa shape index (κ3) is 7.83. The topological polar surface area (TPSA) is 139 Å². The second-order valence-electron chi connectivity index (χ2n) is 12.9. The molecule has 0 radical (unpaired) electrons. The maximum Gasteiger partial charge on any atom is 0.420 e. The zero-order chi connectivity index (χ0) is 39.8. The number of nitriles is 1. The number of nitrogens with two attached hydrogens (primary N) is 2. The molecule has 292 valence electrons. The van der Waals surface area contributed by atoms with Crippen molar-refractivity contribution in [2.75, 3.05) is 49.7 Å². The van der Waals surface area contributed by atoms with Crippen LogP contribution in [0.3, 0.4) is 0 Å². The Balaban J connectivity index is 0.000000334. The standard InChI is InChI=1S/C27H18F5N7O2S.C7H12FN.C2H4F2/c1-40-26-37-20-17-21(41-8-7-39(25(17)38-26)10-11-3-2-6-36-23(11)34)18(27(30,31)32)16(19(20)29)12-4-5-14(28)22-15(12)13(9-33)24(35)42-22;8-6-4-7-2-1-3-9(7)5-6;1-2(3)4/h2-6H,7-8,10,35H2,1H3,(H2,34,36);6-7H,1-5H2;2H,1H3. The molecule has 55 heavy (non-hydrogen) atoms. The van der Waals surface area contributed by atoms with E-state index in [1.807, 2.05) is 0 Å². The molecule has 19 heteroatoms. The Bertz CT molecular complexity index is 2250. The summed E-state index contributed by atoms with van der Waals surface area (Å²) in [7, 11) is 1.23. The molecule has 2 fully saturated rings. The molecule has 3 aromatic heterocycles. The lowest BCUT2D eigenvalue weighted by molar-refractivity contribution is -0.138. The summed E-state index contributed by atoms with van der Waals surface area (Å²) in [4.78, 5) is 16.3. The van der Waals surface area contributed by atoms with Crippen LogP contribution in [0.5, 0.6) is 11.8 Å².